The maximum Gasteiger partial charge on any atom is 0.0723 e. The summed E-state index contributed by atoms with van der Waals surface area (Å²) in [6.45, 7) is 0. The Balaban J connectivity index is 1.01. The number of anilines is 6. The van der Waals surface area contributed by atoms with Crippen molar-refractivity contribution in [1.29, 1.82) is 0 Å². The van der Waals surface area contributed by atoms with Crippen molar-refractivity contribution < 1.29 is 0 Å². The van der Waals surface area contributed by atoms with Crippen LogP contribution in [0.25, 0.3) is 75.9 Å². The third kappa shape index (κ3) is 5.55. The lowest BCUT2D eigenvalue weighted by atomic mass is 9.88. The van der Waals surface area contributed by atoms with E-state index in [4.69, 9.17) is 4.98 Å². The van der Waals surface area contributed by atoms with E-state index in [1.807, 2.05) is 6.20 Å². The molecule has 0 spiro atoms. The van der Waals surface area contributed by atoms with Crippen molar-refractivity contribution in [2.75, 3.05) is 9.80 Å². The summed E-state index contributed by atoms with van der Waals surface area (Å²) in [6.07, 6.45) is 1.92. The summed E-state index contributed by atoms with van der Waals surface area (Å²) >= 11 is 0. The lowest BCUT2D eigenvalue weighted by molar-refractivity contribution is 1.29. The van der Waals surface area contributed by atoms with Crippen molar-refractivity contribution in [3.63, 3.8) is 0 Å². The first kappa shape index (κ1) is 34.1. The molecule has 0 radical (unpaired) electrons. The molecule has 0 aliphatic carbocycles. The highest BCUT2D eigenvalue weighted by Gasteiger charge is 2.22. The van der Waals surface area contributed by atoms with Crippen LogP contribution < -0.4 is 9.80 Å². The molecular formula is C57H37N3. The first-order valence-electron chi connectivity index (χ1n) is 20.5. The Bertz CT molecular complexity index is 3470. The highest BCUT2D eigenvalue weighted by molar-refractivity contribution is 6.29. The molecule has 0 unspecified atom stereocenters. The van der Waals surface area contributed by atoms with Crippen LogP contribution in [0, 0.1) is 0 Å². The summed E-state index contributed by atoms with van der Waals surface area (Å²) in [5.74, 6) is 0. The van der Waals surface area contributed by atoms with E-state index in [9.17, 15) is 0 Å². The van der Waals surface area contributed by atoms with E-state index in [0.717, 1.165) is 45.0 Å². The molecule has 3 heteroatoms. The van der Waals surface area contributed by atoms with Gasteiger partial charge < -0.3 is 9.80 Å². The van der Waals surface area contributed by atoms with Gasteiger partial charge in [-0.15, -0.1) is 0 Å². The minimum atomic E-state index is 0.973. The van der Waals surface area contributed by atoms with Gasteiger partial charge in [-0.25, -0.2) is 0 Å². The first-order chi connectivity index (χ1) is 29.7. The molecule has 0 atom stereocenters. The maximum atomic E-state index is 4.73. The van der Waals surface area contributed by atoms with Gasteiger partial charge in [-0.1, -0.05) is 152 Å². The number of pyridine rings is 1. The Labute approximate surface area is 348 Å². The van der Waals surface area contributed by atoms with Gasteiger partial charge in [0.15, 0.2) is 0 Å². The van der Waals surface area contributed by atoms with Crippen LogP contribution in [0.5, 0.6) is 0 Å². The van der Waals surface area contributed by atoms with E-state index in [1.54, 1.807) is 0 Å². The molecule has 12 aromatic rings. The molecule has 0 aliphatic heterocycles. The third-order valence-electron chi connectivity index (χ3n) is 12.2. The van der Waals surface area contributed by atoms with Gasteiger partial charge >= 0.3 is 0 Å². The number of rotatable bonds is 7. The van der Waals surface area contributed by atoms with Crippen molar-refractivity contribution >= 4 is 98.9 Å². The molecule has 0 saturated heterocycles. The number of fused-ring (bicyclic) bond motifs is 3. The van der Waals surface area contributed by atoms with Crippen LogP contribution in [-0.2, 0) is 0 Å². The van der Waals surface area contributed by atoms with Crippen molar-refractivity contribution in [2.45, 2.75) is 0 Å². The summed E-state index contributed by atoms with van der Waals surface area (Å²) in [6, 6.07) is 79.4. The molecule has 0 amide bonds. The topological polar surface area (TPSA) is 19.4 Å². The van der Waals surface area contributed by atoms with E-state index in [2.05, 4.69) is 228 Å². The largest absolute Gasteiger partial charge is 0.310 e. The molecule has 3 nitrogen and oxygen atoms in total. The molecule has 0 bridgehead atoms. The Kier molecular flexibility index (Phi) is 7.85. The highest BCUT2D eigenvalue weighted by atomic mass is 15.2. The average Bonchev–Trinajstić information content (AvgIpc) is 3.32. The summed E-state index contributed by atoms with van der Waals surface area (Å²) in [4.78, 5) is 9.51. The molecule has 0 saturated carbocycles. The lowest BCUT2D eigenvalue weighted by Gasteiger charge is -2.29. The fourth-order valence-corrected chi connectivity index (χ4v) is 9.37. The SMILES string of the molecule is c1ccc(N(c2ccnc3ccccc23)c2cc3ccc(-c4ccc(N(c5ccc6ccccc6c5)c5ccc6ccccc6c5)cc4)c4ccc5cccc2c5c34)cc1. The molecular weight excluding hydrogens is 727 g/mol. The Hall–Kier alpha value is -8.01. The zero-order chi connectivity index (χ0) is 39.6. The predicted molar refractivity (Wildman–Crippen MR) is 255 cm³/mol. The Morgan fingerprint density at radius 2 is 0.867 bits per heavy atom. The fraction of sp³-hybridized carbons (Fsp3) is 0. The molecule has 12 rings (SSSR count). The second kappa shape index (κ2) is 13.8. The molecule has 280 valence electrons. The van der Waals surface area contributed by atoms with E-state index in [1.165, 1.54) is 65.0 Å². The number of hydrogen-bond acceptors (Lipinski definition) is 3. The molecule has 1 aromatic heterocycles. The first-order valence-corrected chi connectivity index (χ1v) is 20.5. The standard InChI is InChI=1S/C57H37N3/c1-2-16-45(17-3-1)60(54-33-34-58-53-20-9-8-18-51(53)54)55-37-44-26-31-49(50-32-25-41-15-10-19-52(55)56(41)57(44)50)40-23-27-46(28-24-40)59(47-29-21-38-11-4-6-13-42(38)35-47)48-30-22-39-12-5-7-14-43(39)36-48/h1-37H. The number of nitrogens with zero attached hydrogens (tertiary/aromatic N) is 3. The minimum Gasteiger partial charge on any atom is -0.310 e. The van der Waals surface area contributed by atoms with E-state index >= 15 is 0 Å². The van der Waals surface area contributed by atoms with E-state index in [0.29, 0.717) is 0 Å². The predicted octanol–water partition coefficient (Wildman–Crippen LogP) is 16.0. The van der Waals surface area contributed by atoms with Gasteiger partial charge in [0.05, 0.1) is 16.9 Å². The van der Waals surface area contributed by atoms with Crippen LogP contribution in [0.4, 0.5) is 34.1 Å². The number of para-hydroxylation sites is 2. The number of benzene rings is 11. The van der Waals surface area contributed by atoms with Gasteiger partial charge in [0, 0.05) is 39.7 Å². The van der Waals surface area contributed by atoms with Crippen molar-refractivity contribution in [1.82, 2.24) is 4.98 Å². The molecule has 1 heterocycles. The van der Waals surface area contributed by atoms with Crippen LogP contribution in [-0.4, -0.2) is 4.98 Å². The Morgan fingerprint density at radius 3 is 1.62 bits per heavy atom. The normalized spacial score (nSPS) is 11.7. The van der Waals surface area contributed by atoms with Crippen LogP contribution in [0.2, 0.25) is 0 Å². The van der Waals surface area contributed by atoms with Gasteiger partial charge in [-0.05, 0) is 126 Å². The summed E-state index contributed by atoms with van der Waals surface area (Å²) in [7, 11) is 0. The van der Waals surface area contributed by atoms with Crippen LogP contribution in [0.15, 0.2) is 225 Å². The van der Waals surface area contributed by atoms with Crippen molar-refractivity contribution in [2.24, 2.45) is 0 Å². The molecule has 0 N–H and O–H groups in total. The van der Waals surface area contributed by atoms with Crippen LogP contribution >= 0.6 is 0 Å². The highest BCUT2D eigenvalue weighted by Crippen LogP contribution is 2.48. The summed E-state index contributed by atoms with van der Waals surface area (Å²) in [5.41, 5.74) is 10.1. The smallest absolute Gasteiger partial charge is 0.0723 e. The van der Waals surface area contributed by atoms with Gasteiger partial charge in [-0.3, -0.25) is 4.98 Å². The van der Waals surface area contributed by atoms with Crippen LogP contribution in [0.3, 0.4) is 0 Å². The Morgan fingerprint density at radius 1 is 0.300 bits per heavy atom. The maximum absolute atomic E-state index is 4.73. The zero-order valence-corrected chi connectivity index (χ0v) is 32.7. The summed E-state index contributed by atoms with van der Waals surface area (Å²) in [5, 5.41) is 13.5. The van der Waals surface area contributed by atoms with Crippen molar-refractivity contribution in [3.8, 4) is 11.1 Å². The number of hydrogen-bond donors (Lipinski definition) is 0. The van der Waals surface area contributed by atoms with Gasteiger partial charge in [0.25, 0.3) is 0 Å². The third-order valence-corrected chi connectivity index (χ3v) is 12.2. The molecule has 0 aliphatic rings. The monoisotopic (exact) mass is 763 g/mol. The number of aromatic nitrogens is 1. The molecule has 60 heavy (non-hydrogen) atoms. The summed E-state index contributed by atoms with van der Waals surface area (Å²) < 4.78 is 0. The second-order valence-corrected chi connectivity index (χ2v) is 15.6. The lowest BCUT2D eigenvalue weighted by Crippen LogP contribution is -2.11. The zero-order valence-electron chi connectivity index (χ0n) is 32.7. The van der Waals surface area contributed by atoms with E-state index in [-0.39, 0.29) is 0 Å². The average molecular weight is 764 g/mol. The van der Waals surface area contributed by atoms with Gasteiger partial charge in [-0.2, -0.15) is 0 Å². The van der Waals surface area contributed by atoms with E-state index < -0.39 is 0 Å². The van der Waals surface area contributed by atoms with Crippen LogP contribution in [0.1, 0.15) is 0 Å². The second-order valence-electron chi connectivity index (χ2n) is 15.6. The molecule has 11 aromatic carbocycles. The minimum absolute atomic E-state index is 0.973. The van der Waals surface area contributed by atoms with Gasteiger partial charge in [0.2, 0.25) is 0 Å². The molecule has 0 fully saturated rings. The van der Waals surface area contributed by atoms with Gasteiger partial charge in [0.1, 0.15) is 0 Å². The quantitative estimate of drug-likeness (QED) is 0.151. The fourth-order valence-electron chi connectivity index (χ4n) is 9.37. The van der Waals surface area contributed by atoms with Crippen molar-refractivity contribution in [3.05, 3.63) is 225 Å².